The summed E-state index contributed by atoms with van der Waals surface area (Å²) in [4.78, 5) is 46.9. The van der Waals surface area contributed by atoms with Crippen LogP contribution >= 0.6 is 23.5 Å². The number of nitrogens with zero attached hydrogens (tertiary/aromatic N) is 6. The molecule has 4 aromatic rings. The Labute approximate surface area is 247 Å². The Hall–Kier alpha value is -3.70. The van der Waals surface area contributed by atoms with Crippen LogP contribution in [0.5, 0.6) is 0 Å². The lowest BCUT2D eigenvalue weighted by Crippen LogP contribution is -2.28. The number of benzene rings is 1. The Morgan fingerprint density at radius 1 is 1.12 bits per heavy atom. The molecule has 3 unspecified atom stereocenters. The Bertz CT molecular complexity index is 1720. The number of aromatic nitrogens is 5. The van der Waals surface area contributed by atoms with Gasteiger partial charge in [0.15, 0.2) is 5.69 Å². The van der Waals surface area contributed by atoms with Gasteiger partial charge in [0.05, 0.1) is 40.7 Å². The van der Waals surface area contributed by atoms with E-state index in [1.54, 1.807) is 29.2 Å². The van der Waals surface area contributed by atoms with Crippen LogP contribution in [-0.4, -0.2) is 49.8 Å². The van der Waals surface area contributed by atoms with Crippen molar-refractivity contribution in [1.29, 1.82) is 0 Å². The highest BCUT2D eigenvalue weighted by Gasteiger charge is 2.58. The number of halogens is 1. The quantitative estimate of drug-likeness (QED) is 0.238. The standard InChI is InChI=1S/C29H31ClN8O2S/c1-14-8-17(16(3)33-21-6-7-22(30)34-26(21)28(39)36-41-5)25-18(9-14)29(40)37(4)27(35-25)24-19-12-38(13-20(19)24)23-11-31-15(2)10-32-23/h6-11,16,19-20,24,33H,12-13H2,1-5H3,(H,36,39). The van der Waals surface area contributed by atoms with Crippen molar-refractivity contribution < 1.29 is 4.79 Å². The van der Waals surface area contributed by atoms with Crippen LogP contribution in [0.4, 0.5) is 11.5 Å². The number of aryl methyl sites for hydroxylation is 2. The van der Waals surface area contributed by atoms with E-state index in [9.17, 15) is 9.59 Å². The van der Waals surface area contributed by atoms with Gasteiger partial charge >= 0.3 is 0 Å². The van der Waals surface area contributed by atoms with Crippen molar-refractivity contribution in [2.75, 3.05) is 29.6 Å². The average Bonchev–Trinajstić information content (AvgIpc) is 3.43. The van der Waals surface area contributed by atoms with E-state index >= 15 is 0 Å². The zero-order valence-corrected chi connectivity index (χ0v) is 25.0. The van der Waals surface area contributed by atoms with E-state index in [4.69, 9.17) is 16.6 Å². The summed E-state index contributed by atoms with van der Waals surface area (Å²) in [6.07, 6.45) is 5.39. The van der Waals surface area contributed by atoms with Crippen LogP contribution < -0.4 is 20.5 Å². The normalized spacial score (nSPS) is 20.1. The maximum Gasteiger partial charge on any atom is 0.281 e. The zero-order valence-electron chi connectivity index (χ0n) is 23.5. The first-order valence-electron chi connectivity index (χ1n) is 13.5. The molecule has 1 aliphatic heterocycles. The molecule has 41 heavy (non-hydrogen) atoms. The molecule has 1 saturated heterocycles. The molecule has 2 fully saturated rings. The first kappa shape index (κ1) is 27.5. The lowest BCUT2D eigenvalue weighted by atomic mass is 10.0. The number of carbonyl (C=O) groups is 1. The van der Waals surface area contributed by atoms with Gasteiger partial charge < -0.3 is 10.2 Å². The molecule has 2 N–H and O–H groups in total. The summed E-state index contributed by atoms with van der Waals surface area (Å²) in [7, 11) is 1.82. The SMILES string of the molecule is CSNC(=O)c1nc(Cl)ccc1NC(C)c1cc(C)cc2c(=O)n(C)c(C3C4CN(c5cnc(C)cn5)CC43)nc12. The van der Waals surface area contributed by atoms with E-state index < -0.39 is 0 Å². The molecule has 212 valence electrons. The van der Waals surface area contributed by atoms with E-state index in [0.29, 0.717) is 28.4 Å². The predicted molar refractivity (Wildman–Crippen MR) is 163 cm³/mol. The summed E-state index contributed by atoms with van der Waals surface area (Å²) in [6.45, 7) is 7.62. The molecule has 1 aromatic carbocycles. The molecule has 1 aliphatic carbocycles. The first-order chi connectivity index (χ1) is 19.7. The van der Waals surface area contributed by atoms with Crippen molar-refractivity contribution in [3.05, 3.63) is 80.5 Å². The van der Waals surface area contributed by atoms with Gasteiger partial charge in [-0.1, -0.05) is 29.6 Å². The van der Waals surface area contributed by atoms with Crippen molar-refractivity contribution in [2.45, 2.75) is 32.7 Å². The molecule has 0 bridgehead atoms. The Kier molecular flexibility index (Phi) is 7.11. The van der Waals surface area contributed by atoms with Gasteiger partial charge in [0.2, 0.25) is 0 Å². The summed E-state index contributed by atoms with van der Waals surface area (Å²) < 4.78 is 4.43. The number of carbonyl (C=O) groups excluding carboxylic acids is 1. The van der Waals surface area contributed by atoms with Crippen molar-refractivity contribution >= 4 is 51.9 Å². The molecule has 12 heteroatoms. The van der Waals surface area contributed by atoms with E-state index in [1.807, 2.05) is 46.1 Å². The maximum atomic E-state index is 13.7. The number of rotatable bonds is 7. The third-order valence-corrected chi connectivity index (χ3v) is 8.68. The highest BCUT2D eigenvalue weighted by atomic mass is 35.5. The highest BCUT2D eigenvalue weighted by Crippen LogP contribution is 2.58. The summed E-state index contributed by atoms with van der Waals surface area (Å²) in [5.41, 5.74) is 4.11. The number of anilines is 2. The molecule has 10 nitrogen and oxygen atoms in total. The van der Waals surface area contributed by atoms with Gasteiger partial charge in [-0.25, -0.2) is 15.0 Å². The van der Waals surface area contributed by atoms with Gasteiger partial charge in [-0.15, -0.1) is 0 Å². The Morgan fingerprint density at radius 3 is 2.56 bits per heavy atom. The summed E-state index contributed by atoms with van der Waals surface area (Å²) in [5, 5.41) is 4.23. The third-order valence-electron chi connectivity index (χ3n) is 8.08. The average molecular weight is 591 g/mol. The first-order valence-corrected chi connectivity index (χ1v) is 15.1. The molecular formula is C29H31ClN8O2S. The second kappa shape index (κ2) is 10.6. The third kappa shape index (κ3) is 5.01. The number of hydrogen-bond donors (Lipinski definition) is 2. The van der Waals surface area contributed by atoms with Gasteiger partial charge in [0.25, 0.3) is 11.5 Å². The van der Waals surface area contributed by atoms with E-state index in [0.717, 1.165) is 41.6 Å². The van der Waals surface area contributed by atoms with Gasteiger partial charge in [0, 0.05) is 37.9 Å². The molecule has 3 atom stereocenters. The van der Waals surface area contributed by atoms with Gasteiger partial charge in [-0.2, -0.15) is 0 Å². The monoisotopic (exact) mass is 590 g/mol. The van der Waals surface area contributed by atoms with Crippen molar-refractivity contribution in [3.8, 4) is 0 Å². The molecular weight excluding hydrogens is 560 g/mol. The molecule has 4 heterocycles. The van der Waals surface area contributed by atoms with Crippen LogP contribution in [0.1, 0.15) is 52.0 Å². The second-order valence-corrected chi connectivity index (χ2v) is 11.9. The van der Waals surface area contributed by atoms with Crippen LogP contribution in [0.3, 0.4) is 0 Å². The smallest absolute Gasteiger partial charge is 0.281 e. The molecule has 3 aromatic heterocycles. The van der Waals surface area contributed by atoms with Gasteiger partial charge in [0.1, 0.15) is 16.8 Å². The number of piperidine rings is 1. The molecule has 1 amide bonds. The fraction of sp³-hybridized carbons (Fsp3) is 0.379. The van der Waals surface area contributed by atoms with E-state index in [1.165, 1.54) is 11.9 Å². The van der Waals surface area contributed by atoms with Crippen LogP contribution in [0.15, 0.2) is 41.5 Å². The summed E-state index contributed by atoms with van der Waals surface area (Å²) in [6, 6.07) is 7.06. The number of nitrogens with one attached hydrogen (secondary N) is 2. The molecule has 0 radical (unpaired) electrons. The number of pyridine rings is 1. The minimum absolute atomic E-state index is 0.0541. The zero-order chi connectivity index (χ0) is 29.0. The Balaban J connectivity index is 1.32. The largest absolute Gasteiger partial charge is 0.377 e. The second-order valence-electron chi connectivity index (χ2n) is 10.9. The molecule has 2 aliphatic rings. The predicted octanol–water partition coefficient (Wildman–Crippen LogP) is 4.42. The lowest BCUT2D eigenvalue weighted by molar-refractivity contribution is 0.0980. The minimum Gasteiger partial charge on any atom is -0.377 e. The van der Waals surface area contributed by atoms with Crippen LogP contribution in [0, 0.1) is 25.7 Å². The van der Waals surface area contributed by atoms with Crippen LogP contribution in [0.25, 0.3) is 10.9 Å². The fourth-order valence-corrected chi connectivity index (χ4v) is 6.45. The van der Waals surface area contributed by atoms with Crippen molar-refractivity contribution in [2.24, 2.45) is 18.9 Å². The number of fused-ring (bicyclic) bond motifs is 2. The number of amides is 1. The molecule has 0 spiro atoms. The lowest BCUT2D eigenvalue weighted by Gasteiger charge is -2.22. The van der Waals surface area contributed by atoms with Crippen molar-refractivity contribution in [3.63, 3.8) is 0 Å². The molecule has 6 rings (SSSR count). The Morgan fingerprint density at radius 2 is 1.88 bits per heavy atom. The van der Waals surface area contributed by atoms with Gasteiger partial charge in [-0.05, 0) is 56.4 Å². The highest BCUT2D eigenvalue weighted by molar-refractivity contribution is 7.97. The minimum atomic E-state index is -0.344. The molecule has 1 saturated carbocycles. The fourth-order valence-electron chi connectivity index (χ4n) is 6.02. The number of hydrogen-bond acceptors (Lipinski definition) is 9. The van der Waals surface area contributed by atoms with Crippen LogP contribution in [0.2, 0.25) is 5.15 Å². The van der Waals surface area contributed by atoms with Gasteiger partial charge in [-0.3, -0.25) is 23.9 Å². The maximum absolute atomic E-state index is 13.7. The summed E-state index contributed by atoms with van der Waals surface area (Å²) >= 11 is 7.30. The van der Waals surface area contributed by atoms with E-state index in [-0.39, 0.29) is 34.3 Å². The van der Waals surface area contributed by atoms with E-state index in [2.05, 4.69) is 29.9 Å². The van der Waals surface area contributed by atoms with Crippen molar-refractivity contribution in [1.82, 2.24) is 29.2 Å². The van der Waals surface area contributed by atoms with Crippen LogP contribution in [-0.2, 0) is 7.05 Å². The topological polar surface area (TPSA) is 118 Å². The summed E-state index contributed by atoms with van der Waals surface area (Å²) in [5.74, 6) is 2.40.